The van der Waals surface area contributed by atoms with Crippen LogP contribution in [-0.4, -0.2) is 61.2 Å². The second-order valence-corrected chi connectivity index (χ2v) is 5.67. The van der Waals surface area contributed by atoms with Gasteiger partial charge in [0.2, 0.25) is 5.91 Å². The van der Waals surface area contributed by atoms with E-state index in [2.05, 4.69) is 4.90 Å². The molecule has 0 spiro atoms. The fourth-order valence-corrected chi connectivity index (χ4v) is 2.65. The van der Waals surface area contributed by atoms with Crippen LogP contribution in [0.4, 0.5) is 0 Å². The molecule has 5 heteroatoms. The van der Waals surface area contributed by atoms with Crippen molar-refractivity contribution < 1.29 is 14.6 Å². The predicted molar refractivity (Wildman–Crippen MR) is 81.1 cm³/mol. The number of aliphatic hydroxyl groups excluding tert-OH is 1. The van der Waals surface area contributed by atoms with Crippen molar-refractivity contribution in [3.8, 4) is 5.75 Å². The fraction of sp³-hybridized carbons (Fsp3) is 0.562. The van der Waals surface area contributed by atoms with E-state index >= 15 is 0 Å². The Hall–Kier alpha value is -1.59. The molecule has 1 fully saturated rings. The summed E-state index contributed by atoms with van der Waals surface area (Å²) in [6, 6.07) is 7.76. The highest BCUT2D eigenvalue weighted by molar-refractivity contribution is 5.78. The Kier molecular flexibility index (Phi) is 5.59. The Morgan fingerprint density at radius 3 is 3.00 bits per heavy atom. The fourth-order valence-electron chi connectivity index (χ4n) is 2.65. The molecule has 0 aliphatic carbocycles. The van der Waals surface area contributed by atoms with E-state index in [1.807, 2.05) is 31.3 Å². The molecular formula is C16H24N2O3. The van der Waals surface area contributed by atoms with Crippen LogP contribution in [0.25, 0.3) is 0 Å². The number of likely N-dealkylation sites (N-methyl/N-ethyl adjacent to an activating group) is 1. The van der Waals surface area contributed by atoms with Crippen LogP contribution < -0.4 is 4.74 Å². The summed E-state index contributed by atoms with van der Waals surface area (Å²) < 4.78 is 5.19. The van der Waals surface area contributed by atoms with Gasteiger partial charge in [-0.25, -0.2) is 0 Å². The van der Waals surface area contributed by atoms with Crippen LogP contribution in [0.1, 0.15) is 12.0 Å². The molecule has 1 aromatic carbocycles. The molecule has 2 rings (SSSR count). The Bertz CT molecular complexity index is 478. The summed E-state index contributed by atoms with van der Waals surface area (Å²) in [5.41, 5.74) is 1.06. The van der Waals surface area contributed by atoms with Gasteiger partial charge in [0.1, 0.15) is 5.75 Å². The third-order valence-electron chi connectivity index (χ3n) is 3.97. The minimum absolute atomic E-state index is 0.108. The lowest BCUT2D eigenvalue weighted by Gasteiger charge is -2.22. The molecule has 1 N–H and O–H groups in total. The Balaban J connectivity index is 1.84. The van der Waals surface area contributed by atoms with Gasteiger partial charge in [0.15, 0.2) is 0 Å². The Morgan fingerprint density at radius 2 is 2.33 bits per heavy atom. The summed E-state index contributed by atoms with van der Waals surface area (Å²) in [5, 5.41) is 9.14. The van der Waals surface area contributed by atoms with Crippen molar-refractivity contribution in [3.05, 3.63) is 29.8 Å². The maximum absolute atomic E-state index is 12.2. The smallest absolute Gasteiger partial charge is 0.236 e. The van der Waals surface area contributed by atoms with Crippen molar-refractivity contribution in [2.45, 2.75) is 13.0 Å². The van der Waals surface area contributed by atoms with E-state index in [4.69, 9.17) is 9.84 Å². The quantitative estimate of drug-likeness (QED) is 0.849. The van der Waals surface area contributed by atoms with Gasteiger partial charge < -0.3 is 14.7 Å². The molecule has 1 aromatic rings. The average molecular weight is 292 g/mol. The minimum Gasteiger partial charge on any atom is -0.497 e. The molecule has 1 aliphatic rings. The Labute approximate surface area is 126 Å². The molecule has 0 aromatic heterocycles. The van der Waals surface area contributed by atoms with Crippen molar-refractivity contribution in [2.75, 3.05) is 40.4 Å². The number of nitrogens with zero attached hydrogens (tertiary/aromatic N) is 2. The lowest BCUT2D eigenvalue weighted by atomic mass is 10.1. The standard InChI is InChI=1S/C16H24N2O3/c1-17(9-13-4-3-5-15(8-13)21-2)16(20)11-18-7-6-14(10-18)12-19/h3-5,8,14,19H,6-7,9-12H2,1-2H3. The number of rotatable bonds is 6. The second kappa shape index (κ2) is 7.43. The minimum atomic E-state index is 0.108. The summed E-state index contributed by atoms with van der Waals surface area (Å²) in [6.45, 7) is 2.92. The molecule has 21 heavy (non-hydrogen) atoms. The first-order chi connectivity index (χ1) is 10.1. The van der Waals surface area contributed by atoms with Crippen LogP contribution >= 0.6 is 0 Å². The second-order valence-electron chi connectivity index (χ2n) is 5.67. The van der Waals surface area contributed by atoms with Crippen molar-refractivity contribution >= 4 is 5.91 Å². The van der Waals surface area contributed by atoms with Crippen molar-refractivity contribution in [1.29, 1.82) is 0 Å². The van der Waals surface area contributed by atoms with E-state index in [1.165, 1.54) is 0 Å². The number of hydrogen-bond donors (Lipinski definition) is 1. The monoisotopic (exact) mass is 292 g/mol. The highest BCUT2D eigenvalue weighted by atomic mass is 16.5. The van der Waals surface area contributed by atoms with Crippen LogP contribution in [0.15, 0.2) is 24.3 Å². The van der Waals surface area contributed by atoms with Crippen LogP contribution in [0, 0.1) is 5.92 Å². The number of hydrogen-bond acceptors (Lipinski definition) is 4. The molecule has 1 unspecified atom stereocenters. The number of ether oxygens (including phenoxy) is 1. The van der Waals surface area contributed by atoms with Crippen LogP contribution in [0.5, 0.6) is 5.75 Å². The van der Waals surface area contributed by atoms with Crippen molar-refractivity contribution in [2.24, 2.45) is 5.92 Å². The zero-order chi connectivity index (χ0) is 15.2. The van der Waals surface area contributed by atoms with Gasteiger partial charge in [0.25, 0.3) is 0 Å². The molecule has 0 radical (unpaired) electrons. The summed E-state index contributed by atoms with van der Waals surface area (Å²) in [6.07, 6.45) is 0.976. The van der Waals surface area contributed by atoms with E-state index in [9.17, 15) is 4.79 Å². The molecule has 1 saturated heterocycles. The lowest BCUT2D eigenvalue weighted by Crippen LogP contribution is -2.37. The van der Waals surface area contributed by atoms with E-state index in [0.717, 1.165) is 30.8 Å². The first-order valence-electron chi connectivity index (χ1n) is 7.32. The first kappa shape index (κ1) is 15.8. The third kappa shape index (κ3) is 4.44. The van der Waals surface area contributed by atoms with Gasteiger partial charge in [-0.05, 0) is 36.6 Å². The maximum atomic E-state index is 12.2. The number of likely N-dealkylation sites (tertiary alicyclic amines) is 1. The molecule has 116 valence electrons. The van der Waals surface area contributed by atoms with Crippen LogP contribution in [0.3, 0.4) is 0 Å². The summed E-state index contributed by atoms with van der Waals surface area (Å²) >= 11 is 0. The number of carbonyl (C=O) groups is 1. The number of aliphatic hydroxyl groups is 1. The molecule has 1 heterocycles. The number of amides is 1. The number of benzene rings is 1. The normalized spacial score (nSPS) is 18.7. The molecule has 0 saturated carbocycles. The Morgan fingerprint density at radius 1 is 1.52 bits per heavy atom. The SMILES string of the molecule is COc1cccc(CN(C)C(=O)CN2CCC(CO)C2)c1. The van der Waals surface area contributed by atoms with E-state index < -0.39 is 0 Å². The zero-order valence-corrected chi connectivity index (χ0v) is 12.8. The molecule has 1 amide bonds. The van der Waals surface area contributed by atoms with Gasteiger partial charge in [0, 0.05) is 26.7 Å². The highest BCUT2D eigenvalue weighted by Crippen LogP contribution is 2.16. The summed E-state index contributed by atoms with van der Waals surface area (Å²) in [4.78, 5) is 16.1. The third-order valence-corrected chi connectivity index (χ3v) is 3.97. The van der Waals surface area contributed by atoms with Gasteiger partial charge in [-0.3, -0.25) is 9.69 Å². The van der Waals surface area contributed by atoms with Crippen molar-refractivity contribution in [1.82, 2.24) is 9.80 Å². The lowest BCUT2D eigenvalue weighted by molar-refractivity contribution is -0.131. The largest absolute Gasteiger partial charge is 0.497 e. The topological polar surface area (TPSA) is 53.0 Å². The average Bonchev–Trinajstić information content (AvgIpc) is 2.95. The van der Waals surface area contributed by atoms with Gasteiger partial charge in [-0.1, -0.05) is 12.1 Å². The van der Waals surface area contributed by atoms with Crippen LogP contribution in [-0.2, 0) is 11.3 Å². The predicted octanol–water partition coefficient (Wildman–Crippen LogP) is 0.968. The van der Waals surface area contributed by atoms with E-state index in [0.29, 0.717) is 19.0 Å². The maximum Gasteiger partial charge on any atom is 0.236 e. The number of carbonyl (C=O) groups excluding carboxylic acids is 1. The van der Waals surface area contributed by atoms with Crippen LogP contribution in [0.2, 0.25) is 0 Å². The first-order valence-corrected chi connectivity index (χ1v) is 7.32. The molecule has 1 aliphatic heterocycles. The molecule has 5 nitrogen and oxygen atoms in total. The van der Waals surface area contributed by atoms with Gasteiger partial charge in [0.05, 0.1) is 13.7 Å². The van der Waals surface area contributed by atoms with Crippen molar-refractivity contribution in [3.63, 3.8) is 0 Å². The van der Waals surface area contributed by atoms with Gasteiger partial charge in [-0.2, -0.15) is 0 Å². The van der Waals surface area contributed by atoms with E-state index in [1.54, 1.807) is 12.0 Å². The highest BCUT2D eigenvalue weighted by Gasteiger charge is 2.24. The summed E-state index contributed by atoms with van der Waals surface area (Å²) in [5.74, 6) is 1.23. The molecule has 1 atom stereocenters. The zero-order valence-electron chi connectivity index (χ0n) is 12.8. The summed E-state index contributed by atoms with van der Waals surface area (Å²) in [7, 11) is 3.46. The van der Waals surface area contributed by atoms with E-state index in [-0.39, 0.29) is 12.5 Å². The van der Waals surface area contributed by atoms with Gasteiger partial charge in [-0.15, -0.1) is 0 Å². The molecular weight excluding hydrogens is 268 g/mol. The number of methoxy groups -OCH3 is 1. The molecule has 0 bridgehead atoms. The van der Waals surface area contributed by atoms with Gasteiger partial charge >= 0.3 is 0 Å².